The second-order valence-corrected chi connectivity index (χ2v) is 7.14. The van der Waals surface area contributed by atoms with E-state index in [1.54, 1.807) is 0 Å². The van der Waals surface area contributed by atoms with Crippen molar-refractivity contribution in [2.24, 2.45) is 11.8 Å². The number of amides is 1. The van der Waals surface area contributed by atoms with Gasteiger partial charge in [0.2, 0.25) is 5.91 Å². The molecule has 4 heteroatoms. The molecule has 0 aromatic heterocycles. The van der Waals surface area contributed by atoms with Crippen LogP contribution in [0.4, 0.5) is 0 Å². The highest BCUT2D eigenvalue weighted by atomic mass is 16.2. The van der Waals surface area contributed by atoms with Gasteiger partial charge in [-0.3, -0.25) is 10.1 Å². The van der Waals surface area contributed by atoms with Crippen LogP contribution in [0.25, 0.3) is 0 Å². The normalized spacial score (nSPS) is 28.8. The molecule has 1 N–H and O–H groups in total. The summed E-state index contributed by atoms with van der Waals surface area (Å²) in [5, 5.41) is 3.55. The predicted molar refractivity (Wildman–Crippen MR) is 87.0 cm³/mol. The van der Waals surface area contributed by atoms with E-state index in [-0.39, 0.29) is 12.2 Å². The predicted octanol–water partition coefficient (Wildman–Crippen LogP) is 2.30. The van der Waals surface area contributed by atoms with Gasteiger partial charge in [-0.1, -0.05) is 27.7 Å². The van der Waals surface area contributed by atoms with Crippen molar-refractivity contribution in [1.29, 1.82) is 0 Å². The standard InChI is InChI=1S/C17H33N3O/c1-5-15-17(21)20(16(18-15)11-13(3)4)12-14-7-9-19(6-2)10-8-14/h13-16,18H,5-12H2,1-4H3. The Bertz CT molecular complexity index is 337. The third-order valence-electron chi connectivity index (χ3n) is 5.06. The molecule has 2 heterocycles. The summed E-state index contributed by atoms with van der Waals surface area (Å²) < 4.78 is 0. The SMILES string of the molecule is CCC1NC(CC(C)C)N(CC2CCN(CC)CC2)C1=O. The molecule has 0 bridgehead atoms. The zero-order valence-corrected chi connectivity index (χ0v) is 14.3. The molecule has 21 heavy (non-hydrogen) atoms. The molecule has 0 aromatic carbocycles. The van der Waals surface area contributed by atoms with Gasteiger partial charge in [0.15, 0.2) is 0 Å². The van der Waals surface area contributed by atoms with E-state index < -0.39 is 0 Å². The van der Waals surface area contributed by atoms with Gasteiger partial charge < -0.3 is 9.80 Å². The van der Waals surface area contributed by atoms with E-state index in [0.717, 1.165) is 25.9 Å². The van der Waals surface area contributed by atoms with Crippen LogP contribution in [0.15, 0.2) is 0 Å². The number of rotatable bonds is 6. The number of hydrogen-bond acceptors (Lipinski definition) is 3. The molecule has 0 aromatic rings. The average Bonchev–Trinajstić information content (AvgIpc) is 2.76. The summed E-state index contributed by atoms with van der Waals surface area (Å²) in [7, 11) is 0. The molecule has 2 aliphatic rings. The van der Waals surface area contributed by atoms with Crippen LogP contribution in [0, 0.1) is 11.8 Å². The molecule has 0 radical (unpaired) electrons. The highest BCUT2D eigenvalue weighted by molar-refractivity contribution is 5.84. The van der Waals surface area contributed by atoms with Crippen molar-refractivity contribution < 1.29 is 4.79 Å². The highest BCUT2D eigenvalue weighted by Crippen LogP contribution is 2.24. The first-order chi connectivity index (χ1) is 10.0. The lowest BCUT2D eigenvalue weighted by molar-refractivity contribution is -0.131. The average molecular weight is 295 g/mol. The molecule has 2 saturated heterocycles. The van der Waals surface area contributed by atoms with Gasteiger partial charge >= 0.3 is 0 Å². The monoisotopic (exact) mass is 295 g/mol. The number of carbonyl (C=O) groups is 1. The fraction of sp³-hybridized carbons (Fsp3) is 0.941. The Morgan fingerprint density at radius 2 is 1.90 bits per heavy atom. The third-order valence-corrected chi connectivity index (χ3v) is 5.06. The first-order valence-corrected chi connectivity index (χ1v) is 8.84. The first-order valence-electron chi connectivity index (χ1n) is 8.84. The topological polar surface area (TPSA) is 35.6 Å². The third kappa shape index (κ3) is 4.19. The van der Waals surface area contributed by atoms with Crippen molar-refractivity contribution >= 4 is 5.91 Å². The molecule has 2 aliphatic heterocycles. The highest BCUT2D eigenvalue weighted by Gasteiger charge is 2.39. The van der Waals surface area contributed by atoms with Gasteiger partial charge in [-0.15, -0.1) is 0 Å². The van der Waals surface area contributed by atoms with Gasteiger partial charge in [0.25, 0.3) is 0 Å². The summed E-state index contributed by atoms with van der Waals surface area (Å²) in [5.74, 6) is 1.64. The number of piperidine rings is 1. The maximum Gasteiger partial charge on any atom is 0.241 e. The van der Waals surface area contributed by atoms with Gasteiger partial charge in [0.1, 0.15) is 0 Å². The van der Waals surface area contributed by atoms with Crippen molar-refractivity contribution in [3.05, 3.63) is 0 Å². The van der Waals surface area contributed by atoms with E-state index in [2.05, 4.69) is 42.8 Å². The van der Waals surface area contributed by atoms with Crippen LogP contribution in [0.2, 0.25) is 0 Å². The number of nitrogens with one attached hydrogen (secondary N) is 1. The van der Waals surface area contributed by atoms with Gasteiger partial charge in [-0.25, -0.2) is 0 Å². The Kier molecular flexibility index (Phi) is 6.06. The lowest BCUT2D eigenvalue weighted by atomic mass is 9.95. The summed E-state index contributed by atoms with van der Waals surface area (Å²) in [4.78, 5) is 17.2. The molecule has 2 fully saturated rings. The number of nitrogens with zero attached hydrogens (tertiary/aromatic N) is 2. The lowest BCUT2D eigenvalue weighted by Crippen LogP contribution is -2.44. The minimum absolute atomic E-state index is 0.0458. The Morgan fingerprint density at radius 1 is 1.24 bits per heavy atom. The van der Waals surface area contributed by atoms with Crippen LogP contribution in [-0.2, 0) is 4.79 Å². The van der Waals surface area contributed by atoms with Crippen LogP contribution in [-0.4, -0.2) is 54.1 Å². The Morgan fingerprint density at radius 3 is 2.43 bits per heavy atom. The smallest absolute Gasteiger partial charge is 0.241 e. The second-order valence-electron chi connectivity index (χ2n) is 7.14. The van der Waals surface area contributed by atoms with E-state index in [0.29, 0.717) is 17.7 Å². The number of hydrogen-bond donors (Lipinski definition) is 1. The fourth-order valence-electron chi connectivity index (χ4n) is 3.66. The number of likely N-dealkylation sites (tertiary alicyclic amines) is 1. The molecule has 2 atom stereocenters. The Labute approximate surface area is 130 Å². The van der Waals surface area contributed by atoms with Gasteiger partial charge in [0, 0.05) is 6.54 Å². The summed E-state index contributed by atoms with van der Waals surface area (Å²) in [6.07, 6.45) is 4.70. The van der Waals surface area contributed by atoms with E-state index in [1.807, 2.05) is 0 Å². The molecule has 122 valence electrons. The minimum Gasteiger partial charge on any atom is -0.326 e. The summed E-state index contributed by atoms with van der Waals surface area (Å²) in [5.41, 5.74) is 0. The number of carbonyl (C=O) groups excluding carboxylic acids is 1. The molecule has 2 rings (SSSR count). The van der Waals surface area contributed by atoms with E-state index >= 15 is 0 Å². The van der Waals surface area contributed by atoms with Crippen LogP contribution in [0.1, 0.15) is 53.4 Å². The van der Waals surface area contributed by atoms with Crippen LogP contribution in [0.3, 0.4) is 0 Å². The fourth-order valence-corrected chi connectivity index (χ4v) is 3.66. The van der Waals surface area contributed by atoms with Gasteiger partial charge in [0.05, 0.1) is 12.2 Å². The molecule has 1 amide bonds. The maximum atomic E-state index is 12.6. The van der Waals surface area contributed by atoms with Crippen molar-refractivity contribution in [2.75, 3.05) is 26.2 Å². The second kappa shape index (κ2) is 7.59. The quantitative estimate of drug-likeness (QED) is 0.817. The van der Waals surface area contributed by atoms with Crippen molar-refractivity contribution in [3.63, 3.8) is 0 Å². The molecule has 4 nitrogen and oxygen atoms in total. The zero-order valence-electron chi connectivity index (χ0n) is 14.3. The lowest BCUT2D eigenvalue weighted by Gasteiger charge is -2.35. The molecule has 0 saturated carbocycles. The van der Waals surface area contributed by atoms with Gasteiger partial charge in [-0.2, -0.15) is 0 Å². The van der Waals surface area contributed by atoms with Crippen LogP contribution >= 0.6 is 0 Å². The van der Waals surface area contributed by atoms with Crippen LogP contribution < -0.4 is 5.32 Å². The molecule has 0 aliphatic carbocycles. The van der Waals surface area contributed by atoms with Crippen molar-refractivity contribution in [1.82, 2.24) is 15.1 Å². The largest absolute Gasteiger partial charge is 0.326 e. The zero-order chi connectivity index (χ0) is 15.4. The van der Waals surface area contributed by atoms with E-state index in [9.17, 15) is 4.79 Å². The summed E-state index contributed by atoms with van der Waals surface area (Å²) in [6.45, 7) is 13.3. The summed E-state index contributed by atoms with van der Waals surface area (Å²) in [6, 6.07) is 0.0458. The Hall–Kier alpha value is -0.610. The summed E-state index contributed by atoms with van der Waals surface area (Å²) >= 11 is 0. The Balaban J connectivity index is 1.93. The maximum absolute atomic E-state index is 12.6. The van der Waals surface area contributed by atoms with Crippen LogP contribution in [0.5, 0.6) is 0 Å². The first kappa shape index (κ1) is 16.8. The van der Waals surface area contributed by atoms with Crippen molar-refractivity contribution in [3.8, 4) is 0 Å². The molecule has 0 spiro atoms. The van der Waals surface area contributed by atoms with Gasteiger partial charge in [-0.05, 0) is 57.2 Å². The van der Waals surface area contributed by atoms with Crippen molar-refractivity contribution in [2.45, 2.75) is 65.6 Å². The molecular formula is C17H33N3O. The molecular weight excluding hydrogens is 262 g/mol. The van der Waals surface area contributed by atoms with E-state index in [4.69, 9.17) is 0 Å². The molecule has 2 unspecified atom stereocenters. The minimum atomic E-state index is 0.0458. The van der Waals surface area contributed by atoms with E-state index in [1.165, 1.54) is 25.9 Å².